The first-order valence-electron chi connectivity index (χ1n) is 2.41. The van der Waals surface area contributed by atoms with Gasteiger partial charge in [-0.1, -0.05) is 24.8 Å². The fraction of sp³-hybridized carbons (Fsp3) is 0.143. The molecule has 1 heteroatoms. The highest BCUT2D eigenvalue weighted by molar-refractivity contribution is 5.16. The van der Waals surface area contributed by atoms with Gasteiger partial charge in [-0.2, -0.15) is 0 Å². The van der Waals surface area contributed by atoms with Crippen molar-refractivity contribution in [1.82, 2.24) is 0 Å². The Hall–Kier alpha value is -0.980. The Kier molecular flexibility index (Phi) is 3.67. The summed E-state index contributed by atoms with van der Waals surface area (Å²) < 4.78 is 0. The number of hydrogen-bond acceptors (Lipinski definition) is 1. The van der Waals surface area contributed by atoms with Gasteiger partial charge in [0.05, 0.1) is 6.26 Å². The number of rotatable bonds is 2. The predicted molar refractivity (Wildman–Crippen MR) is 35.7 cm³/mol. The van der Waals surface area contributed by atoms with Crippen LogP contribution in [0, 0.1) is 0 Å². The maximum atomic E-state index is 8.31. The van der Waals surface area contributed by atoms with Gasteiger partial charge < -0.3 is 5.11 Å². The second-order valence-electron chi connectivity index (χ2n) is 1.47. The SMILES string of the molecule is C=CC=CC(C)=CO. The average molecular weight is 110 g/mol. The average Bonchev–Trinajstić information content (AvgIpc) is 1.83. The van der Waals surface area contributed by atoms with Crippen molar-refractivity contribution in [2.75, 3.05) is 0 Å². The second-order valence-corrected chi connectivity index (χ2v) is 1.47. The number of aliphatic hydroxyl groups excluding tert-OH is 1. The van der Waals surface area contributed by atoms with E-state index in [4.69, 9.17) is 5.11 Å². The summed E-state index contributed by atoms with van der Waals surface area (Å²) >= 11 is 0. The molecular weight excluding hydrogens is 100 g/mol. The van der Waals surface area contributed by atoms with Crippen molar-refractivity contribution in [3.8, 4) is 0 Å². The minimum Gasteiger partial charge on any atom is -0.515 e. The van der Waals surface area contributed by atoms with Gasteiger partial charge in [-0.05, 0) is 12.5 Å². The Labute approximate surface area is 49.7 Å². The largest absolute Gasteiger partial charge is 0.515 e. The molecule has 0 amide bonds. The molecule has 0 atom stereocenters. The Balaban J connectivity index is 3.69. The zero-order valence-corrected chi connectivity index (χ0v) is 4.96. The van der Waals surface area contributed by atoms with E-state index < -0.39 is 0 Å². The Morgan fingerprint density at radius 3 is 2.62 bits per heavy atom. The van der Waals surface area contributed by atoms with E-state index in [1.807, 2.05) is 0 Å². The van der Waals surface area contributed by atoms with Crippen molar-refractivity contribution < 1.29 is 5.11 Å². The lowest BCUT2D eigenvalue weighted by Crippen LogP contribution is -1.63. The van der Waals surface area contributed by atoms with E-state index in [0.29, 0.717) is 0 Å². The molecule has 0 spiro atoms. The van der Waals surface area contributed by atoms with Gasteiger partial charge >= 0.3 is 0 Å². The molecule has 0 aromatic heterocycles. The molecule has 0 rings (SSSR count). The van der Waals surface area contributed by atoms with Crippen LogP contribution >= 0.6 is 0 Å². The van der Waals surface area contributed by atoms with E-state index in [1.54, 1.807) is 25.2 Å². The van der Waals surface area contributed by atoms with Gasteiger partial charge in [0.2, 0.25) is 0 Å². The van der Waals surface area contributed by atoms with Crippen LogP contribution in [-0.4, -0.2) is 5.11 Å². The molecule has 0 bridgehead atoms. The summed E-state index contributed by atoms with van der Waals surface area (Å²) in [6, 6.07) is 0. The number of aliphatic hydroxyl groups is 1. The van der Waals surface area contributed by atoms with Crippen molar-refractivity contribution in [2.45, 2.75) is 6.92 Å². The molecule has 0 radical (unpaired) electrons. The van der Waals surface area contributed by atoms with E-state index in [9.17, 15) is 0 Å². The fourth-order valence-corrected chi connectivity index (χ4v) is 0.263. The first-order valence-corrected chi connectivity index (χ1v) is 2.41. The topological polar surface area (TPSA) is 20.2 Å². The maximum absolute atomic E-state index is 8.31. The van der Waals surface area contributed by atoms with Crippen molar-refractivity contribution in [2.24, 2.45) is 0 Å². The van der Waals surface area contributed by atoms with Gasteiger partial charge in [0.15, 0.2) is 0 Å². The van der Waals surface area contributed by atoms with Crippen LogP contribution < -0.4 is 0 Å². The summed E-state index contributed by atoms with van der Waals surface area (Å²) in [4.78, 5) is 0. The zero-order chi connectivity index (χ0) is 6.41. The first-order chi connectivity index (χ1) is 3.81. The normalized spacial score (nSPS) is 12.4. The molecule has 0 aliphatic rings. The van der Waals surface area contributed by atoms with Crippen molar-refractivity contribution in [3.05, 3.63) is 36.6 Å². The summed E-state index contributed by atoms with van der Waals surface area (Å²) in [5.41, 5.74) is 0.824. The molecule has 44 valence electrons. The summed E-state index contributed by atoms with van der Waals surface area (Å²) in [5, 5.41) is 8.31. The molecule has 1 nitrogen and oxygen atoms in total. The lowest BCUT2D eigenvalue weighted by Gasteiger charge is -1.81. The van der Waals surface area contributed by atoms with Gasteiger partial charge in [-0.3, -0.25) is 0 Å². The smallest absolute Gasteiger partial charge is 0.0820 e. The van der Waals surface area contributed by atoms with E-state index in [-0.39, 0.29) is 0 Å². The minimum atomic E-state index is 0.824. The molecule has 0 aromatic carbocycles. The molecule has 0 saturated carbocycles. The molecule has 0 unspecified atom stereocenters. The van der Waals surface area contributed by atoms with Crippen LogP contribution in [0.1, 0.15) is 6.92 Å². The van der Waals surface area contributed by atoms with Crippen molar-refractivity contribution in [1.29, 1.82) is 0 Å². The Morgan fingerprint density at radius 1 is 1.62 bits per heavy atom. The third-order valence-electron chi connectivity index (χ3n) is 0.699. The number of hydrogen-bond donors (Lipinski definition) is 1. The van der Waals surface area contributed by atoms with Crippen LogP contribution in [0.25, 0.3) is 0 Å². The second kappa shape index (κ2) is 4.19. The van der Waals surface area contributed by atoms with E-state index in [1.165, 1.54) is 0 Å². The summed E-state index contributed by atoms with van der Waals surface area (Å²) in [6.07, 6.45) is 6.25. The molecule has 0 heterocycles. The van der Waals surface area contributed by atoms with Gasteiger partial charge in [-0.15, -0.1) is 0 Å². The molecule has 0 aliphatic carbocycles. The third-order valence-corrected chi connectivity index (χ3v) is 0.699. The van der Waals surface area contributed by atoms with Crippen LogP contribution in [-0.2, 0) is 0 Å². The highest BCUT2D eigenvalue weighted by atomic mass is 16.2. The van der Waals surface area contributed by atoms with Gasteiger partial charge in [-0.25, -0.2) is 0 Å². The van der Waals surface area contributed by atoms with Crippen LogP contribution in [0.15, 0.2) is 36.6 Å². The predicted octanol–water partition coefficient (Wildman–Crippen LogP) is 2.19. The first kappa shape index (κ1) is 7.02. The molecule has 0 aromatic rings. The molecule has 1 N–H and O–H groups in total. The third kappa shape index (κ3) is 3.22. The molecule has 8 heavy (non-hydrogen) atoms. The van der Waals surface area contributed by atoms with E-state index >= 15 is 0 Å². The molecule has 0 aliphatic heterocycles. The fourth-order valence-electron chi connectivity index (χ4n) is 0.263. The lowest BCUT2D eigenvalue weighted by molar-refractivity contribution is 0.469. The highest BCUT2D eigenvalue weighted by Gasteiger charge is 1.72. The van der Waals surface area contributed by atoms with Gasteiger partial charge in [0.1, 0.15) is 0 Å². The van der Waals surface area contributed by atoms with Gasteiger partial charge in [0, 0.05) is 0 Å². The minimum absolute atomic E-state index is 0.824. The highest BCUT2D eigenvalue weighted by Crippen LogP contribution is 1.90. The molecule has 0 saturated heterocycles. The zero-order valence-electron chi connectivity index (χ0n) is 4.96. The van der Waals surface area contributed by atoms with E-state index in [2.05, 4.69) is 6.58 Å². The monoisotopic (exact) mass is 110 g/mol. The van der Waals surface area contributed by atoms with Crippen molar-refractivity contribution in [3.63, 3.8) is 0 Å². The molecule has 0 fully saturated rings. The van der Waals surface area contributed by atoms with Crippen LogP contribution in [0.4, 0.5) is 0 Å². The summed E-state index contributed by atoms with van der Waals surface area (Å²) in [5.74, 6) is 0. The Morgan fingerprint density at radius 2 is 2.25 bits per heavy atom. The van der Waals surface area contributed by atoms with Crippen LogP contribution in [0.3, 0.4) is 0 Å². The Bertz CT molecular complexity index is 120. The molecular formula is C7H10O. The van der Waals surface area contributed by atoms with Crippen LogP contribution in [0.2, 0.25) is 0 Å². The van der Waals surface area contributed by atoms with Gasteiger partial charge in [0.25, 0.3) is 0 Å². The maximum Gasteiger partial charge on any atom is 0.0820 e. The number of allylic oxidation sites excluding steroid dienone is 4. The standard InChI is InChI=1S/C7H10O/c1-3-4-5-7(2)6-8/h3-6,8H,1H2,2H3. The van der Waals surface area contributed by atoms with Crippen LogP contribution in [0.5, 0.6) is 0 Å². The summed E-state index contributed by atoms with van der Waals surface area (Å²) in [6.45, 7) is 5.28. The summed E-state index contributed by atoms with van der Waals surface area (Å²) in [7, 11) is 0. The van der Waals surface area contributed by atoms with Crippen molar-refractivity contribution >= 4 is 0 Å². The van der Waals surface area contributed by atoms with E-state index in [0.717, 1.165) is 11.8 Å². The quantitative estimate of drug-likeness (QED) is 0.426. The lowest BCUT2D eigenvalue weighted by atomic mass is 10.3.